The van der Waals surface area contributed by atoms with Crippen LogP contribution in [0.15, 0.2) is 53.6 Å². The lowest BCUT2D eigenvalue weighted by atomic mass is 10.1. The number of piperidine rings is 1. The third-order valence-electron chi connectivity index (χ3n) is 4.95. The van der Waals surface area contributed by atoms with E-state index in [4.69, 9.17) is 4.74 Å². The molecule has 4 rings (SSSR count). The zero-order valence-corrected chi connectivity index (χ0v) is 18.0. The summed E-state index contributed by atoms with van der Waals surface area (Å²) < 4.78 is 5.35. The maximum Gasteiger partial charge on any atom is 0.250 e. The van der Waals surface area contributed by atoms with Crippen molar-refractivity contribution in [1.82, 2.24) is 15.0 Å². The van der Waals surface area contributed by atoms with Crippen molar-refractivity contribution in [2.24, 2.45) is 5.10 Å². The highest BCUT2D eigenvalue weighted by atomic mass is 16.5. The molecule has 0 bridgehead atoms. The van der Waals surface area contributed by atoms with E-state index >= 15 is 0 Å². The van der Waals surface area contributed by atoms with Crippen molar-refractivity contribution >= 4 is 29.7 Å². The molecule has 2 heterocycles. The van der Waals surface area contributed by atoms with E-state index in [0.29, 0.717) is 35.8 Å². The molecular weight excluding hydrogens is 406 g/mol. The van der Waals surface area contributed by atoms with Gasteiger partial charge in [0.25, 0.3) is 0 Å². The average molecular weight is 434 g/mol. The number of phenols is 1. The van der Waals surface area contributed by atoms with Crippen LogP contribution in [0.3, 0.4) is 0 Å². The zero-order chi connectivity index (χ0) is 22.2. The second kappa shape index (κ2) is 10.4. The summed E-state index contributed by atoms with van der Waals surface area (Å²) in [6.07, 6.45) is 5.05. The minimum absolute atomic E-state index is 0.0673. The normalized spacial score (nSPS) is 13.8. The first kappa shape index (κ1) is 21.4. The number of phenolic OH excluding ortho intramolecular Hbond substituents is 1. The molecule has 0 atom stereocenters. The monoisotopic (exact) mass is 433 g/mol. The van der Waals surface area contributed by atoms with Gasteiger partial charge in [-0.15, -0.1) is 0 Å². The fourth-order valence-corrected chi connectivity index (χ4v) is 3.41. The van der Waals surface area contributed by atoms with E-state index in [1.54, 1.807) is 18.3 Å². The highest BCUT2D eigenvalue weighted by Crippen LogP contribution is 2.26. The number of nitrogens with one attached hydrogen (secondary N) is 2. The van der Waals surface area contributed by atoms with Crippen LogP contribution in [0.1, 0.15) is 31.7 Å². The number of benzene rings is 2. The first-order valence-electron chi connectivity index (χ1n) is 10.8. The highest BCUT2D eigenvalue weighted by Gasteiger charge is 2.16. The van der Waals surface area contributed by atoms with Crippen LogP contribution >= 0.6 is 0 Å². The molecule has 32 heavy (non-hydrogen) atoms. The Morgan fingerprint density at radius 2 is 1.81 bits per heavy atom. The Labute approximate surface area is 187 Å². The fraction of sp³-hybridized carbons (Fsp3) is 0.304. The number of hydrazone groups is 1. The topological polar surface area (TPSA) is 108 Å². The molecule has 1 aliphatic heterocycles. The predicted octanol–water partition coefficient (Wildman–Crippen LogP) is 4.16. The third-order valence-corrected chi connectivity index (χ3v) is 4.95. The van der Waals surface area contributed by atoms with Crippen LogP contribution in [0.4, 0.5) is 23.5 Å². The Morgan fingerprint density at radius 3 is 2.56 bits per heavy atom. The SMILES string of the molecule is CCOc1ccc(C=NNc2nc(Nc3ccccc3)nc(N3CCCCC3)n2)cc1O. The van der Waals surface area contributed by atoms with E-state index < -0.39 is 0 Å². The Bertz CT molecular complexity index is 1050. The number of hydrogen-bond donors (Lipinski definition) is 3. The quantitative estimate of drug-likeness (QED) is 0.359. The molecule has 0 amide bonds. The van der Waals surface area contributed by atoms with Crippen LogP contribution in [0.25, 0.3) is 0 Å². The minimum atomic E-state index is 0.0673. The van der Waals surface area contributed by atoms with Gasteiger partial charge in [-0.25, -0.2) is 5.43 Å². The number of para-hydroxylation sites is 1. The lowest BCUT2D eigenvalue weighted by molar-refractivity contribution is 0.318. The molecule has 2 aromatic carbocycles. The molecule has 1 aliphatic rings. The predicted molar refractivity (Wildman–Crippen MR) is 126 cm³/mol. The Kier molecular flexibility index (Phi) is 6.96. The first-order chi connectivity index (χ1) is 15.7. The van der Waals surface area contributed by atoms with E-state index in [0.717, 1.165) is 31.6 Å². The number of aromatic hydroxyl groups is 1. The van der Waals surface area contributed by atoms with E-state index in [1.807, 2.05) is 43.3 Å². The number of rotatable bonds is 8. The van der Waals surface area contributed by atoms with Crippen molar-refractivity contribution in [3.8, 4) is 11.5 Å². The van der Waals surface area contributed by atoms with Gasteiger partial charge >= 0.3 is 0 Å². The van der Waals surface area contributed by atoms with Gasteiger partial charge in [0, 0.05) is 18.8 Å². The van der Waals surface area contributed by atoms with Gasteiger partial charge in [-0.1, -0.05) is 18.2 Å². The molecule has 9 nitrogen and oxygen atoms in total. The van der Waals surface area contributed by atoms with Crippen LogP contribution in [-0.2, 0) is 0 Å². The molecule has 0 unspecified atom stereocenters. The van der Waals surface area contributed by atoms with E-state index in [2.05, 4.69) is 35.7 Å². The molecule has 0 radical (unpaired) electrons. The molecule has 1 saturated heterocycles. The Balaban J connectivity index is 1.53. The van der Waals surface area contributed by atoms with Crippen molar-refractivity contribution in [3.63, 3.8) is 0 Å². The highest BCUT2D eigenvalue weighted by molar-refractivity contribution is 5.81. The molecule has 166 valence electrons. The summed E-state index contributed by atoms with van der Waals surface area (Å²) >= 11 is 0. The summed E-state index contributed by atoms with van der Waals surface area (Å²) in [5, 5.41) is 17.5. The van der Waals surface area contributed by atoms with Crippen molar-refractivity contribution in [3.05, 3.63) is 54.1 Å². The van der Waals surface area contributed by atoms with Crippen molar-refractivity contribution < 1.29 is 9.84 Å². The standard InChI is InChI=1S/C23H27N7O2/c1-2-32-20-12-11-17(15-19(20)31)16-24-29-22-26-21(25-18-9-5-3-6-10-18)27-23(28-22)30-13-7-4-8-14-30/h3,5-6,9-12,15-16,31H,2,4,7-8,13-14H2,1H3,(H2,25,26,27,28,29). The van der Waals surface area contributed by atoms with Gasteiger partial charge in [0.2, 0.25) is 17.8 Å². The summed E-state index contributed by atoms with van der Waals surface area (Å²) in [6, 6.07) is 14.9. The van der Waals surface area contributed by atoms with Gasteiger partial charge in [0.15, 0.2) is 11.5 Å². The molecular formula is C23H27N7O2. The molecule has 9 heteroatoms. The van der Waals surface area contributed by atoms with Gasteiger partial charge in [-0.2, -0.15) is 20.1 Å². The van der Waals surface area contributed by atoms with Crippen LogP contribution < -0.4 is 20.4 Å². The van der Waals surface area contributed by atoms with Gasteiger partial charge in [0.1, 0.15) is 0 Å². The van der Waals surface area contributed by atoms with Crippen molar-refractivity contribution in [2.75, 3.05) is 35.3 Å². The lowest BCUT2D eigenvalue weighted by Gasteiger charge is -2.26. The second-order valence-electron chi connectivity index (χ2n) is 7.35. The number of anilines is 4. The zero-order valence-electron chi connectivity index (χ0n) is 18.0. The molecule has 3 aromatic rings. The van der Waals surface area contributed by atoms with Gasteiger partial charge in [-0.3, -0.25) is 0 Å². The number of ether oxygens (including phenoxy) is 1. The Hall–Kier alpha value is -3.88. The molecule has 0 spiro atoms. The third kappa shape index (κ3) is 5.63. The van der Waals surface area contributed by atoms with Gasteiger partial charge in [-0.05, 0) is 62.1 Å². The maximum atomic E-state index is 10.0. The van der Waals surface area contributed by atoms with E-state index in [-0.39, 0.29) is 5.75 Å². The molecule has 0 aliphatic carbocycles. The molecule has 1 fully saturated rings. The molecule has 3 N–H and O–H groups in total. The maximum absolute atomic E-state index is 10.0. The summed E-state index contributed by atoms with van der Waals surface area (Å²) in [4.78, 5) is 15.8. The number of hydrogen-bond acceptors (Lipinski definition) is 9. The number of aromatic nitrogens is 3. The number of nitrogens with zero attached hydrogens (tertiary/aromatic N) is 5. The lowest BCUT2D eigenvalue weighted by Crippen LogP contribution is -2.31. The smallest absolute Gasteiger partial charge is 0.250 e. The minimum Gasteiger partial charge on any atom is -0.504 e. The summed E-state index contributed by atoms with van der Waals surface area (Å²) in [6.45, 7) is 4.19. The largest absolute Gasteiger partial charge is 0.504 e. The van der Waals surface area contributed by atoms with Crippen LogP contribution in [0, 0.1) is 0 Å². The van der Waals surface area contributed by atoms with Gasteiger partial charge in [0.05, 0.1) is 12.8 Å². The first-order valence-corrected chi connectivity index (χ1v) is 10.8. The van der Waals surface area contributed by atoms with E-state index in [9.17, 15) is 5.11 Å². The summed E-state index contributed by atoms with van der Waals surface area (Å²) in [5.74, 6) is 1.92. The van der Waals surface area contributed by atoms with Gasteiger partial charge < -0.3 is 20.1 Å². The van der Waals surface area contributed by atoms with Crippen molar-refractivity contribution in [1.29, 1.82) is 0 Å². The molecule has 0 saturated carbocycles. The average Bonchev–Trinajstić information content (AvgIpc) is 2.82. The Morgan fingerprint density at radius 1 is 1.03 bits per heavy atom. The van der Waals surface area contributed by atoms with Crippen LogP contribution in [-0.4, -0.2) is 46.0 Å². The van der Waals surface area contributed by atoms with Crippen molar-refractivity contribution in [2.45, 2.75) is 26.2 Å². The summed E-state index contributed by atoms with van der Waals surface area (Å²) in [7, 11) is 0. The van der Waals surface area contributed by atoms with Crippen LogP contribution in [0.2, 0.25) is 0 Å². The second-order valence-corrected chi connectivity index (χ2v) is 7.35. The molecule has 1 aromatic heterocycles. The van der Waals surface area contributed by atoms with E-state index in [1.165, 1.54) is 6.42 Å². The fourth-order valence-electron chi connectivity index (χ4n) is 3.41. The van der Waals surface area contributed by atoms with Crippen LogP contribution in [0.5, 0.6) is 11.5 Å². The summed E-state index contributed by atoms with van der Waals surface area (Å²) in [5.41, 5.74) is 4.49.